The number of hydrogen-bond acceptors (Lipinski definition) is 15. The van der Waals surface area contributed by atoms with E-state index in [2.05, 4.69) is 53.7 Å². The van der Waals surface area contributed by atoms with Gasteiger partial charge >= 0.3 is 6.01 Å². The molecule has 7 heterocycles. The van der Waals surface area contributed by atoms with Crippen molar-refractivity contribution in [3.05, 3.63) is 77.1 Å². The average molecular weight is 1090 g/mol. The molecule has 5 aromatic rings. The molecule has 3 unspecified atom stereocenters. The number of hydrogen-bond donors (Lipinski definition) is 6. The number of aromatic hydroxyl groups is 3. The molecular formula is C62H77N11O7. The normalized spacial score (nSPS) is 20.0. The molecular weight excluding hydrogens is 1010 g/mol. The summed E-state index contributed by atoms with van der Waals surface area (Å²) in [6.07, 6.45) is 18.6. The Balaban J connectivity index is 0.657. The topological polar surface area (TPSA) is 221 Å². The van der Waals surface area contributed by atoms with Gasteiger partial charge in [0.2, 0.25) is 17.7 Å². The molecule has 80 heavy (non-hydrogen) atoms. The first-order valence-electron chi connectivity index (χ1n) is 28.7. The van der Waals surface area contributed by atoms with Gasteiger partial charge in [0.25, 0.3) is 0 Å². The molecule has 0 aliphatic carbocycles. The van der Waals surface area contributed by atoms with Crippen molar-refractivity contribution in [3.63, 3.8) is 0 Å². The molecule has 5 aliphatic rings. The van der Waals surface area contributed by atoms with Crippen molar-refractivity contribution < 1.29 is 34.4 Å². The minimum atomic E-state index is -0.741. The van der Waals surface area contributed by atoms with E-state index in [1.807, 2.05) is 46.0 Å². The summed E-state index contributed by atoms with van der Waals surface area (Å²) in [6.45, 7) is 16.3. The van der Waals surface area contributed by atoms with Crippen LogP contribution in [0.2, 0.25) is 0 Å². The Hall–Kier alpha value is -7.33. The lowest BCUT2D eigenvalue weighted by Gasteiger charge is -2.35. The van der Waals surface area contributed by atoms with Crippen LogP contribution in [0.15, 0.2) is 65.4 Å². The summed E-state index contributed by atoms with van der Waals surface area (Å²) in [5, 5.41) is 44.9. The number of phenolic OH excluding ortho intramolecular Hbond substituents is 2. The summed E-state index contributed by atoms with van der Waals surface area (Å²) in [7, 11) is 0. The Labute approximate surface area is 469 Å². The standard InChI is InChI=1S/C62H77N11O7/c1-6-46-51(75)22-19-42-33-45(74)34-48(53(42)46)54-56(77)55-49(36-64-54)58(72-37-43-20-21-44(38-72)66-43)69-61(68-55)80-32-12-26-71-30-28-70(29-31-71)25-10-8-7-9-14-52(76)67-57(62(3,4)5)60(79)73-27-11-13-50(73)59(78)65-35-40-15-17-41(18-16-40)47-23-24-63-39(47)2/h1,15-19,22,24,33-34,36,43-44,50,57,66,74-75,77H,7-14,20-21,23,25-32,35,37-38H2,2-5H3,(H,65,78)(H,67,76)/t43?,44?,50-,57?/m0/s1. The fraction of sp³-hybridized carbons (Fsp3) is 0.500. The molecule has 3 aromatic carbocycles. The molecule has 5 aliphatic heterocycles. The predicted molar refractivity (Wildman–Crippen MR) is 312 cm³/mol. The Morgan fingerprint density at radius 2 is 1.61 bits per heavy atom. The van der Waals surface area contributed by atoms with E-state index in [0.717, 1.165) is 127 Å². The minimum absolute atomic E-state index is 0.0447. The minimum Gasteiger partial charge on any atom is -0.508 e. The van der Waals surface area contributed by atoms with Gasteiger partial charge in [-0.05, 0) is 104 Å². The van der Waals surface area contributed by atoms with Crippen molar-refractivity contribution in [2.75, 3.05) is 70.4 Å². The number of aliphatic imine (C=N–C) groups is 1. The predicted octanol–water partition coefficient (Wildman–Crippen LogP) is 7.26. The van der Waals surface area contributed by atoms with Crippen molar-refractivity contribution in [1.29, 1.82) is 0 Å². The summed E-state index contributed by atoms with van der Waals surface area (Å²) in [5.41, 5.74) is 4.85. The highest BCUT2D eigenvalue weighted by molar-refractivity contribution is 6.06. The summed E-state index contributed by atoms with van der Waals surface area (Å²) < 4.78 is 6.29. The molecule has 3 amide bonds. The molecule has 4 atom stereocenters. The zero-order valence-corrected chi connectivity index (χ0v) is 46.8. The first-order chi connectivity index (χ1) is 38.6. The van der Waals surface area contributed by atoms with Crippen LogP contribution in [-0.2, 0) is 20.9 Å². The van der Waals surface area contributed by atoms with Crippen LogP contribution < -0.4 is 25.6 Å². The van der Waals surface area contributed by atoms with E-state index < -0.39 is 17.5 Å². The second kappa shape index (κ2) is 24.6. The molecule has 4 fully saturated rings. The van der Waals surface area contributed by atoms with Crippen LogP contribution >= 0.6 is 0 Å². The van der Waals surface area contributed by atoms with E-state index >= 15 is 0 Å². The summed E-state index contributed by atoms with van der Waals surface area (Å²) in [5.74, 6) is 2.36. The number of anilines is 1. The van der Waals surface area contributed by atoms with Gasteiger partial charge in [-0.3, -0.25) is 24.4 Å². The number of unbranched alkanes of at least 4 members (excludes halogenated alkanes) is 3. The summed E-state index contributed by atoms with van der Waals surface area (Å²) in [6, 6.07) is 13.9. The monoisotopic (exact) mass is 1090 g/mol. The number of fused-ring (bicyclic) bond motifs is 4. The van der Waals surface area contributed by atoms with E-state index in [4.69, 9.17) is 26.1 Å². The maximum absolute atomic E-state index is 14.1. The van der Waals surface area contributed by atoms with E-state index in [9.17, 15) is 29.7 Å². The number of phenols is 2. The van der Waals surface area contributed by atoms with Gasteiger partial charge in [-0.1, -0.05) is 69.9 Å². The second-order valence-corrected chi connectivity index (χ2v) is 23.4. The van der Waals surface area contributed by atoms with Gasteiger partial charge in [-0.15, -0.1) is 6.42 Å². The molecule has 422 valence electrons. The number of likely N-dealkylation sites (tertiary alicyclic amines) is 1. The number of aromatic nitrogens is 3. The Bertz CT molecular complexity index is 3200. The molecule has 2 aromatic heterocycles. The first-order valence-corrected chi connectivity index (χ1v) is 28.7. The van der Waals surface area contributed by atoms with Crippen LogP contribution in [0.3, 0.4) is 0 Å². The SMILES string of the molecule is C#Cc1c(O)ccc2cc(O)cc(-c3ncc4c(N5CC6CCC(C5)N6)nc(OCCCN5CCN(CCCCCCC(=O)NC(C(=O)N6CCC[C@H]6C(=O)NCc6ccc(C7=C(C)N=CC7)cc6)C(C)(C)C)CC5)nc4c3O)c12. The lowest BCUT2D eigenvalue weighted by molar-refractivity contribution is -0.143. The number of ether oxygens (including phenoxy) is 1. The molecule has 0 spiro atoms. The number of rotatable bonds is 20. The molecule has 18 heteroatoms. The van der Waals surface area contributed by atoms with Crippen molar-refractivity contribution in [3.8, 4) is 46.9 Å². The van der Waals surface area contributed by atoms with Crippen molar-refractivity contribution in [2.24, 2.45) is 10.4 Å². The third-order valence-electron chi connectivity index (χ3n) is 16.7. The fourth-order valence-electron chi connectivity index (χ4n) is 12.3. The lowest BCUT2D eigenvalue weighted by Crippen LogP contribution is -2.57. The number of allylic oxidation sites excluding steroid dienone is 2. The highest BCUT2D eigenvalue weighted by Gasteiger charge is 2.42. The smallest absolute Gasteiger partial charge is 0.319 e. The van der Waals surface area contributed by atoms with Gasteiger partial charge in [-0.2, -0.15) is 9.97 Å². The highest BCUT2D eigenvalue weighted by atomic mass is 16.5. The molecule has 18 nitrogen and oxygen atoms in total. The number of terminal acetylenes is 1. The molecule has 0 radical (unpaired) electrons. The molecule has 4 saturated heterocycles. The number of piperazine rings is 2. The second-order valence-electron chi connectivity index (χ2n) is 23.4. The van der Waals surface area contributed by atoms with Crippen LogP contribution in [0.5, 0.6) is 23.3 Å². The van der Waals surface area contributed by atoms with E-state index in [1.54, 1.807) is 23.2 Å². The third kappa shape index (κ3) is 12.7. The van der Waals surface area contributed by atoms with Gasteiger partial charge in [-0.25, -0.2) is 0 Å². The van der Waals surface area contributed by atoms with Crippen LogP contribution in [0.1, 0.15) is 115 Å². The van der Waals surface area contributed by atoms with E-state index in [0.29, 0.717) is 72.2 Å². The number of pyridine rings is 1. The Morgan fingerprint density at radius 1 is 0.887 bits per heavy atom. The number of amides is 3. The Morgan fingerprint density at radius 3 is 2.31 bits per heavy atom. The van der Waals surface area contributed by atoms with E-state index in [-0.39, 0.29) is 57.8 Å². The lowest BCUT2D eigenvalue weighted by atomic mass is 9.85. The van der Waals surface area contributed by atoms with Crippen LogP contribution in [0.25, 0.3) is 38.5 Å². The number of nitrogens with zero attached hydrogens (tertiary/aromatic N) is 8. The van der Waals surface area contributed by atoms with Gasteiger partial charge in [0.1, 0.15) is 40.6 Å². The number of benzene rings is 3. The van der Waals surface area contributed by atoms with Crippen LogP contribution in [-0.4, -0.2) is 159 Å². The quantitative estimate of drug-likeness (QED) is 0.0334. The van der Waals surface area contributed by atoms with Crippen molar-refractivity contribution in [1.82, 2.24) is 45.6 Å². The number of carbonyl (C=O) groups excluding carboxylic acids is 3. The van der Waals surface area contributed by atoms with Crippen LogP contribution in [0, 0.1) is 17.8 Å². The maximum atomic E-state index is 14.1. The van der Waals surface area contributed by atoms with E-state index in [1.165, 1.54) is 17.7 Å². The van der Waals surface area contributed by atoms with Crippen molar-refractivity contribution in [2.45, 2.75) is 129 Å². The third-order valence-corrected chi connectivity index (χ3v) is 16.7. The van der Waals surface area contributed by atoms with Gasteiger partial charge < -0.3 is 55.6 Å². The highest BCUT2D eigenvalue weighted by Crippen LogP contribution is 2.44. The zero-order valence-electron chi connectivity index (χ0n) is 46.8. The summed E-state index contributed by atoms with van der Waals surface area (Å²) >= 11 is 0. The molecule has 6 N–H and O–H groups in total. The molecule has 2 bridgehead atoms. The average Bonchev–Trinajstić information content (AvgIpc) is 4.23. The first kappa shape index (κ1) is 56.0. The summed E-state index contributed by atoms with van der Waals surface area (Å²) in [4.78, 5) is 68.6. The molecule has 0 saturated carbocycles. The maximum Gasteiger partial charge on any atom is 0.319 e. The van der Waals surface area contributed by atoms with Gasteiger partial charge in [0, 0.05) is 113 Å². The zero-order chi connectivity index (χ0) is 56.1. The van der Waals surface area contributed by atoms with Gasteiger partial charge in [0.05, 0.1) is 17.6 Å². The van der Waals surface area contributed by atoms with Crippen LogP contribution in [0.4, 0.5) is 5.82 Å². The number of carbonyl (C=O) groups is 3. The fourth-order valence-corrected chi connectivity index (χ4v) is 12.3. The van der Waals surface area contributed by atoms with Crippen molar-refractivity contribution >= 4 is 57.0 Å². The van der Waals surface area contributed by atoms with Gasteiger partial charge in [0.15, 0.2) is 5.75 Å². The molecule has 10 rings (SSSR count). The number of nitrogens with one attached hydrogen (secondary N) is 3. The Kier molecular flexibility index (Phi) is 17.2. The largest absolute Gasteiger partial charge is 0.508 e.